The fourth-order valence-corrected chi connectivity index (χ4v) is 5.05. The van der Waals surface area contributed by atoms with Crippen molar-refractivity contribution in [2.75, 3.05) is 56.5 Å². The van der Waals surface area contributed by atoms with Crippen molar-refractivity contribution in [3.05, 3.63) is 60.1 Å². The summed E-state index contributed by atoms with van der Waals surface area (Å²) in [5.74, 6) is -1.72. The number of nitrogens with two attached hydrogens (primary N) is 1. The summed E-state index contributed by atoms with van der Waals surface area (Å²) in [6, 6.07) is 7.33. The molecule has 1 fully saturated rings. The Kier molecular flexibility index (Phi) is 7.45. The van der Waals surface area contributed by atoms with Crippen LogP contribution < -0.4 is 16.0 Å². The molecular weight excluding hydrogens is 552 g/mol. The predicted molar refractivity (Wildman–Crippen MR) is 149 cm³/mol. The molecule has 5 N–H and O–H groups in total. The molecule has 1 amide bonds. The molecule has 1 aromatic carbocycles. The van der Waals surface area contributed by atoms with Crippen molar-refractivity contribution in [1.82, 2.24) is 34.4 Å². The Bertz CT molecular complexity index is 1730. The number of aliphatic hydroxyl groups excluding tert-OH is 2. The highest BCUT2D eigenvalue weighted by atomic mass is 19.1. The molecule has 1 aliphatic heterocycles. The van der Waals surface area contributed by atoms with Crippen molar-refractivity contribution in [3.8, 4) is 11.5 Å². The Hall–Kier alpha value is -4.60. The van der Waals surface area contributed by atoms with Crippen molar-refractivity contribution >= 4 is 34.2 Å². The first-order chi connectivity index (χ1) is 20.3. The Morgan fingerprint density at radius 3 is 2.69 bits per heavy atom. The van der Waals surface area contributed by atoms with E-state index in [2.05, 4.69) is 25.3 Å². The number of amides is 1. The zero-order valence-electron chi connectivity index (χ0n) is 22.5. The van der Waals surface area contributed by atoms with Crippen LogP contribution in [0.3, 0.4) is 0 Å². The molecular formula is C27H29F2N9O4. The van der Waals surface area contributed by atoms with Gasteiger partial charge in [-0.15, -0.1) is 0 Å². The number of rotatable bonds is 9. The lowest BCUT2D eigenvalue weighted by atomic mass is 10.1. The first kappa shape index (κ1) is 27.6. The fraction of sp³-hybridized carbons (Fsp3) is 0.333. The molecule has 1 saturated heterocycles. The normalized spacial score (nSPS) is 15.1. The quantitative estimate of drug-likeness (QED) is 0.198. The van der Waals surface area contributed by atoms with E-state index in [1.807, 2.05) is 16.7 Å². The number of imidazole rings is 1. The maximum Gasteiger partial charge on any atom is 0.254 e. The lowest BCUT2D eigenvalue weighted by molar-refractivity contribution is 0.0799. The van der Waals surface area contributed by atoms with Gasteiger partial charge in [0.05, 0.1) is 36.6 Å². The molecule has 0 aliphatic carbocycles. The monoisotopic (exact) mass is 581 g/mol. The van der Waals surface area contributed by atoms with Crippen LogP contribution in [0.15, 0.2) is 47.3 Å². The third-order valence-corrected chi connectivity index (χ3v) is 7.33. The van der Waals surface area contributed by atoms with E-state index >= 15 is 0 Å². The van der Waals surface area contributed by atoms with E-state index in [0.29, 0.717) is 68.0 Å². The Labute approximate surface area is 237 Å². The van der Waals surface area contributed by atoms with Crippen LogP contribution in [0.25, 0.3) is 28.1 Å². The van der Waals surface area contributed by atoms with E-state index in [9.17, 15) is 18.7 Å². The summed E-state index contributed by atoms with van der Waals surface area (Å²) in [5.41, 5.74) is 8.65. The summed E-state index contributed by atoms with van der Waals surface area (Å²) in [6.07, 6.45) is 2.12. The molecule has 42 heavy (non-hydrogen) atoms. The molecule has 1 atom stereocenters. The van der Waals surface area contributed by atoms with Crippen molar-refractivity contribution < 1.29 is 28.2 Å². The molecule has 5 heterocycles. The lowest BCUT2D eigenvalue weighted by Gasteiger charge is -2.36. The topological polar surface area (TPSA) is 163 Å². The molecule has 220 valence electrons. The molecule has 1 aliphatic rings. The third kappa shape index (κ3) is 5.24. The Morgan fingerprint density at radius 1 is 1.14 bits per heavy atom. The van der Waals surface area contributed by atoms with Crippen molar-refractivity contribution in [2.45, 2.75) is 12.6 Å². The summed E-state index contributed by atoms with van der Waals surface area (Å²) >= 11 is 0. The highest BCUT2D eigenvalue weighted by Crippen LogP contribution is 2.27. The number of carbonyl (C=O) groups is 1. The first-order valence-electron chi connectivity index (χ1n) is 13.4. The number of carbonyl (C=O) groups excluding carboxylic acids is 1. The molecule has 5 aromatic rings. The summed E-state index contributed by atoms with van der Waals surface area (Å²) in [5, 5.41) is 25.2. The number of fused-ring (bicyclic) bond motifs is 3. The molecule has 0 radical (unpaired) electrons. The van der Waals surface area contributed by atoms with Crippen LogP contribution in [-0.4, -0.2) is 97.1 Å². The van der Waals surface area contributed by atoms with Crippen molar-refractivity contribution in [2.24, 2.45) is 0 Å². The number of hydrogen-bond donors (Lipinski definition) is 4. The second kappa shape index (κ2) is 11.3. The number of nitrogen functional groups attached to an aromatic ring is 1. The minimum Gasteiger partial charge on any atom is -0.463 e. The van der Waals surface area contributed by atoms with E-state index in [1.165, 1.54) is 6.07 Å². The summed E-state index contributed by atoms with van der Waals surface area (Å²) < 4.78 is 38.0. The maximum absolute atomic E-state index is 14.7. The average molecular weight is 582 g/mol. The maximum atomic E-state index is 14.7. The minimum atomic E-state index is -1.18. The highest BCUT2D eigenvalue weighted by Gasteiger charge is 2.24. The van der Waals surface area contributed by atoms with Gasteiger partial charge in [-0.1, -0.05) is 0 Å². The van der Waals surface area contributed by atoms with Crippen LogP contribution in [0, 0.1) is 11.6 Å². The van der Waals surface area contributed by atoms with Gasteiger partial charge in [-0.3, -0.25) is 9.69 Å². The number of nitrogens with zero attached hydrogens (tertiary/aromatic N) is 7. The first-order valence-corrected chi connectivity index (χ1v) is 13.4. The zero-order chi connectivity index (χ0) is 29.4. The van der Waals surface area contributed by atoms with Crippen LogP contribution >= 0.6 is 0 Å². The summed E-state index contributed by atoms with van der Waals surface area (Å²) in [4.78, 5) is 25.5. The second-order valence-electron chi connectivity index (χ2n) is 10.0. The Balaban J connectivity index is 1.11. The molecule has 6 rings (SSSR count). The minimum absolute atomic E-state index is 0.128. The molecule has 0 saturated carbocycles. The van der Waals surface area contributed by atoms with Gasteiger partial charge >= 0.3 is 0 Å². The van der Waals surface area contributed by atoms with Crippen molar-refractivity contribution in [3.63, 3.8) is 0 Å². The molecule has 15 heteroatoms. The van der Waals surface area contributed by atoms with Crippen LogP contribution in [0.2, 0.25) is 0 Å². The number of aliphatic hydroxyl groups is 2. The number of hydrogen-bond acceptors (Lipinski definition) is 10. The second-order valence-corrected chi connectivity index (χ2v) is 10.0. The van der Waals surface area contributed by atoms with E-state index < -0.39 is 30.3 Å². The van der Waals surface area contributed by atoms with E-state index in [0.717, 1.165) is 5.52 Å². The van der Waals surface area contributed by atoms with Crippen LogP contribution in [-0.2, 0) is 6.54 Å². The molecule has 0 bridgehead atoms. The number of piperazine rings is 1. The van der Waals surface area contributed by atoms with Gasteiger partial charge in [0.15, 0.2) is 11.4 Å². The highest BCUT2D eigenvalue weighted by molar-refractivity contribution is 5.95. The number of anilines is 2. The van der Waals surface area contributed by atoms with Crippen LogP contribution in [0.4, 0.5) is 20.4 Å². The smallest absolute Gasteiger partial charge is 0.254 e. The van der Waals surface area contributed by atoms with E-state index in [4.69, 9.17) is 15.3 Å². The lowest BCUT2D eigenvalue weighted by Crippen LogP contribution is -2.47. The van der Waals surface area contributed by atoms with Gasteiger partial charge in [0.1, 0.15) is 28.4 Å². The predicted octanol–water partition coefficient (Wildman–Crippen LogP) is 1.10. The van der Waals surface area contributed by atoms with Gasteiger partial charge in [0, 0.05) is 51.9 Å². The number of furan rings is 1. The largest absolute Gasteiger partial charge is 0.463 e. The van der Waals surface area contributed by atoms with E-state index in [1.54, 1.807) is 28.1 Å². The number of halogens is 2. The number of aromatic nitrogens is 5. The molecule has 0 spiro atoms. The average Bonchev–Trinajstić information content (AvgIpc) is 3.75. The summed E-state index contributed by atoms with van der Waals surface area (Å²) in [6.45, 7) is 2.62. The zero-order valence-corrected chi connectivity index (χ0v) is 22.5. The van der Waals surface area contributed by atoms with Gasteiger partial charge in [0.2, 0.25) is 5.95 Å². The molecule has 4 aromatic heterocycles. The van der Waals surface area contributed by atoms with Crippen LogP contribution in [0.5, 0.6) is 0 Å². The van der Waals surface area contributed by atoms with Gasteiger partial charge in [-0.2, -0.15) is 14.6 Å². The summed E-state index contributed by atoms with van der Waals surface area (Å²) in [7, 11) is 0. The number of benzene rings is 1. The van der Waals surface area contributed by atoms with Gasteiger partial charge in [-0.25, -0.2) is 13.8 Å². The van der Waals surface area contributed by atoms with Crippen molar-refractivity contribution in [1.29, 1.82) is 0 Å². The van der Waals surface area contributed by atoms with Gasteiger partial charge in [0.25, 0.3) is 5.91 Å². The molecule has 0 unspecified atom stereocenters. The molecule has 13 nitrogen and oxygen atoms in total. The van der Waals surface area contributed by atoms with E-state index in [-0.39, 0.29) is 23.7 Å². The standard InChI is InChI=1S/C27H29F2N9O4/c28-18-11-19(29)21(10-17(18)26(41)31-13-16(40)14-39)36-6-3-35(4-7-36)5-8-37-15-32-24-22-12-20(23-2-1-9-42-23)34-38(22)27(30)33-25(24)37/h1-2,9-12,15-16,39-40H,3-8,13-14H2,(H2,30,33)(H,31,41)/t16-/m1/s1. The fourth-order valence-electron chi connectivity index (χ4n) is 5.05. The Morgan fingerprint density at radius 2 is 1.95 bits per heavy atom. The number of nitrogens with one attached hydrogen (secondary N) is 1. The van der Waals surface area contributed by atoms with Crippen LogP contribution in [0.1, 0.15) is 10.4 Å². The van der Waals surface area contributed by atoms with Gasteiger partial charge < -0.3 is 35.1 Å². The SMILES string of the molecule is Nc1nc2c(ncn2CCN2CCN(c3cc(C(=O)NC[C@@H](O)CO)c(F)cc3F)CC2)c2cc(-c3ccco3)nn12. The van der Waals surface area contributed by atoms with Gasteiger partial charge in [-0.05, 0) is 24.3 Å². The third-order valence-electron chi connectivity index (χ3n) is 7.33.